The maximum absolute atomic E-state index is 13.0. The molecule has 0 spiro atoms. The fraction of sp³-hybridized carbons (Fsp3) is 0.588. The average Bonchev–Trinajstić information content (AvgIpc) is 3.21. The summed E-state index contributed by atoms with van der Waals surface area (Å²) >= 11 is 0. The number of rotatable bonds is 1. The van der Waals surface area contributed by atoms with Crippen molar-refractivity contribution < 1.29 is 13.2 Å². The SMILES string of the molecule is Cc1cc2ncc3c(n2n1)C[C@H]1CC[C@H]3N1C(=O)[C@H]1CCS(=O)(=O)C1. The van der Waals surface area contributed by atoms with Gasteiger partial charge >= 0.3 is 0 Å². The third kappa shape index (κ3) is 2.23. The molecule has 3 aliphatic heterocycles. The van der Waals surface area contributed by atoms with Gasteiger partial charge in [-0.3, -0.25) is 4.79 Å². The number of aromatic nitrogens is 3. The van der Waals surface area contributed by atoms with E-state index in [-0.39, 0.29) is 35.4 Å². The highest BCUT2D eigenvalue weighted by molar-refractivity contribution is 7.91. The van der Waals surface area contributed by atoms with Crippen LogP contribution in [0.4, 0.5) is 0 Å². The lowest BCUT2D eigenvalue weighted by Crippen LogP contribution is -2.45. The van der Waals surface area contributed by atoms with Gasteiger partial charge in [-0.05, 0) is 26.2 Å². The standard InChI is InChI=1S/C17H20N4O3S/c1-10-6-16-18-8-13-14-3-2-12(7-15(13)21(16)19-10)20(14)17(22)11-4-5-25(23,24)9-11/h6,8,11-12,14H,2-5,7,9H2,1H3/t11-,12+,14+/m0/s1. The molecule has 1 amide bonds. The Labute approximate surface area is 146 Å². The van der Waals surface area contributed by atoms with Gasteiger partial charge in [0.25, 0.3) is 0 Å². The molecule has 2 aromatic rings. The van der Waals surface area contributed by atoms with Crippen LogP contribution in [-0.4, -0.2) is 51.4 Å². The third-order valence-corrected chi connectivity index (χ3v) is 7.63. The second-order valence-electron chi connectivity index (χ2n) is 7.51. The Balaban J connectivity index is 1.53. The molecule has 8 heteroatoms. The largest absolute Gasteiger partial charge is 0.332 e. The zero-order chi connectivity index (χ0) is 17.3. The summed E-state index contributed by atoms with van der Waals surface area (Å²) < 4.78 is 25.4. The summed E-state index contributed by atoms with van der Waals surface area (Å²) in [6.07, 6.45) is 4.96. The zero-order valence-electron chi connectivity index (χ0n) is 14.1. The molecule has 132 valence electrons. The second kappa shape index (κ2) is 5.03. The average molecular weight is 360 g/mol. The fourth-order valence-electron chi connectivity index (χ4n) is 4.74. The van der Waals surface area contributed by atoms with Crippen LogP contribution in [0.3, 0.4) is 0 Å². The molecule has 2 saturated heterocycles. The predicted molar refractivity (Wildman–Crippen MR) is 90.8 cm³/mol. The topological polar surface area (TPSA) is 84.6 Å². The van der Waals surface area contributed by atoms with Crippen molar-refractivity contribution in [2.24, 2.45) is 5.92 Å². The van der Waals surface area contributed by atoms with E-state index in [1.807, 2.05) is 28.6 Å². The molecule has 0 unspecified atom stereocenters. The number of hydrogen-bond donors (Lipinski definition) is 0. The number of nitrogens with zero attached hydrogens (tertiary/aromatic N) is 4. The molecule has 7 nitrogen and oxygen atoms in total. The second-order valence-corrected chi connectivity index (χ2v) is 9.74. The molecule has 2 bridgehead atoms. The van der Waals surface area contributed by atoms with Crippen LogP contribution in [0, 0.1) is 12.8 Å². The number of amides is 1. The number of carbonyl (C=O) groups excluding carboxylic acids is 1. The Kier molecular flexibility index (Phi) is 3.08. The van der Waals surface area contributed by atoms with Gasteiger partial charge in [-0.25, -0.2) is 17.9 Å². The van der Waals surface area contributed by atoms with E-state index in [1.54, 1.807) is 0 Å². The van der Waals surface area contributed by atoms with E-state index in [9.17, 15) is 13.2 Å². The summed E-state index contributed by atoms with van der Waals surface area (Å²) in [5.41, 5.74) is 3.99. The first-order chi connectivity index (χ1) is 11.9. The van der Waals surface area contributed by atoms with Crippen LogP contribution < -0.4 is 0 Å². The van der Waals surface area contributed by atoms with Gasteiger partial charge in [0, 0.05) is 30.3 Å². The molecule has 0 aliphatic carbocycles. The van der Waals surface area contributed by atoms with E-state index in [1.165, 1.54) is 0 Å². The zero-order valence-corrected chi connectivity index (χ0v) is 14.9. The van der Waals surface area contributed by atoms with E-state index in [0.29, 0.717) is 6.42 Å². The number of aryl methyl sites for hydroxylation is 1. The number of hydrogen-bond acceptors (Lipinski definition) is 5. The lowest BCUT2D eigenvalue weighted by molar-refractivity contribution is -0.138. The highest BCUT2D eigenvalue weighted by Gasteiger charge is 2.47. The van der Waals surface area contributed by atoms with E-state index < -0.39 is 9.84 Å². The molecule has 25 heavy (non-hydrogen) atoms. The number of carbonyl (C=O) groups is 1. The Morgan fingerprint density at radius 3 is 2.88 bits per heavy atom. The van der Waals surface area contributed by atoms with Gasteiger partial charge in [0.1, 0.15) is 0 Å². The quantitative estimate of drug-likeness (QED) is 0.759. The Hall–Kier alpha value is -1.96. The molecule has 5 heterocycles. The minimum absolute atomic E-state index is 0.00423. The molecule has 3 aliphatic rings. The van der Waals surface area contributed by atoms with Gasteiger partial charge < -0.3 is 4.90 Å². The van der Waals surface area contributed by atoms with E-state index in [2.05, 4.69) is 10.1 Å². The monoisotopic (exact) mass is 360 g/mol. The molecule has 0 N–H and O–H groups in total. The third-order valence-electron chi connectivity index (χ3n) is 5.86. The van der Waals surface area contributed by atoms with Gasteiger partial charge in [0.15, 0.2) is 15.5 Å². The minimum atomic E-state index is -3.05. The summed E-state index contributed by atoms with van der Waals surface area (Å²) in [7, 11) is -3.05. The lowest BCUT2D eigenvalue weighted by atomic mass is 9.96. The van der Waals surface area contributed by atoms with Crippen molar-refractivity contribution in [1.29, 1.82) is 0 Å². The lowest BCUT2D eigenvalue weighted by Gasteiger charge is -2.37. The van der Waals surface area contributed by atoms with Crippen molar-refractivity contribution in [1.82, 2.24) is 19.5 Å². The molecule has 5 rings (SSSR count). The van der Waals surface area contributed by atoms with Crippen LogP contribution in [-0.2, 0) is 21.1 Å². The highest BCUT2D eigenvalue weighted by atomic mass is 32.2. The van der Waals surface area contributed by atoms with Gasteiger partial charge in [0.05, 0.1) is 34.9 Å². The van der Waals surface area contributed by atoms with Crippen molar-refractivity contribution in [2.45, 2.75) is 44.7 Å². The number of fused-ring (bicyclic) bond motifs is 6. The van der Waals surface area contributed by atoms with E-state index in [0.717, 1.165) is 41.9 Å². The van der Waals surface area contributed by atoms with E-state index in [4.69, 9.17) is 0 Å². The Morgan fingerprint density at radius 2 is 2.12 bits per heavy atom. The van der Waals surface area contributed by atoms with Crippen molar-refractivity contribution in [2.75, 3.05) is 11.5 Å². The highest BCUT2D eigenvalue weighted by Crippen LogP contribution is 2.44. The molecule has 2 fully saturated rings. The summed E-state index contributed by atoms with van der Waals surface area (Å²) in [6.45, 7) is 1.95. The summed E-state index contributed by atoms with van der Waals surface area (Å²) in [5.74, 6) is -0.225. The normalized spacial score (nSPS) is 30.0. The fourth-order valence-corrected chi connectivity index (χ4v) is 6.47. The molecular weight excluding hydrogens is 340 g/mol. The first-order valence-corrected chi connectivity index (χ1v) is 10.6. The van der Waals surface area contributed by atoms with Crippen molar-refractivity contribution >= 4 is 21.4 Å². The molecule has 3 atom stereocenters. The molecule has 0 aromatic carbocycles. The first kappa shape index (κ1) is 15.3. The first-order valence-electron chi connectivity index (χ1n) is 8.80. The molecular formula is C17H20N4O3S. The van der Waals surface area contributed by atoms with Crippen LogP contribution >= 0.6 is 0 Å². The molecule has 0 saturated carbocycles. The maximum atomic E-state index is 13.0. The summed E-state index contributed by atoms with van der Waals surface area (Å²) in [6, 6.07) is 2.11. The predicted octanol–water partition coefficient (Wildman–Crippen LogP) is 1.06. The van der Waals surface area contributed by atoms with Crippen LogP contribution in [0.25, 0.3) is 5.65 Å². The Morgan fingerprint density at radius 1 is 1.28 bits per heavy atom. The summed E-state index contributed by atoms with van der Waals surface area (Å²) in [5, 5.41) is 4.56. The molecule has 0 radical (unpaired) electrons. The van der Waals surface area contributed by atoms with Crippen LogP contribution in [0.5, 0.6) is 0 Å². The van der Waals surface area contributed by atoms with Crippen molar-refractivity contribution in [3.8, 4) is 0 Å². The van der Waals surface area contributed by atoms with Gasteiger partial charge in [0.2, 0.25) is 5.91 Å². The van der Waals surface area contributed by atoms with Crippen LogP contribution in [0.15, 0.2) is 12.3 Å². The Bertz CT molecular complexity index is 997. The van der Waals surface area contributed by atoms with Gasteiger partial charge in [-0.15, -0.1) is 0 Å². The van der Waals surface area contributed by atoms with E-state index >= 15 is 0 Å². The van der Waals surface area contributed by atoms with Crippen LogP contribution in [0.2, 0.25) is 0 Å². The maximum Gasteiger partial charge on any atom is 0.227 e. The van der Waals surface area contributed by atoms with Crippen LogP contribution in [0.1, 0.15) is 42.3 Å². The van der Waals surface area contributed by atoms with Gasteiger partial charge in [-0.1, -0.05) is 0 Å². The van der Waals surface area contributed by atoms with Crippen molar-refractivity contribution in [3.05, 3.63) is 29.2 Å². The smallest absolute Gasteiger partial charge is 0.227 e. The van der Waals surface area contributed by atoms with Gasteiger partial charge in [-0.2, -0.15) is 5.10 Å². The number of sulfone groups is 1. The minimum Gasteiger partial charge on any atom is -0.332 e. The van der Waals surface area contributed by atoms with Crippen molar-refractivity contribution in [3.63, 3.8) is 0 Å². The summed E-state index contributed by atoms with van der Waals surface area (Å²) in [4.78, 5) is 19.5. The molecule has 2 aromatic heterocycles.